The standard InChI is InChI=1S/C20H16N4O2S2/c1-11-17-18(12-6-8-13(25)9-7-12)27-10-16(26)22-19(17)24(23-11)20-21-14-4-2-3-5-15(14)28-20/h2-9,18,25H,10H2,1H3,(H,22,26)/t18-/m0/s1. The summed E-state index contributed by atoms with van der Waals surface area (Å²) >= 11 is 3.10. The van der Waals surface area contributed by atoms with Crippen LogP contribution in [0.1, 0.15) is 22.1 Å². The first-order chi connectivity index (χ1) is 13.6. The van der Waals surface area contributed by atoms with Crippen LogP contribution in [0.25, 0.3) is 15.3 Å². The summed E-state index contributed by atoms with van der Waals surface area (Å²) < 4.78 is 2.82. The highest BCUT2D eigenvalue weighted by Gasteiger charge is 2.31. The summed E-state index contributed by atoms with van der Waals surface area (Å²) in [6.07, 6.45) is 0. The average Bonchev–Trinajstić information content (AvgIpc) is 3.19. The third-order valence-corrected chi connectivity index (χ3v) is 6.95. The molecule has 8 heteroatoms. The van der Waals surface area contributed by atoms with Crippen LogP contribution in [-0.2, 0) is 4.79 Å². The molecule has 2 N–H and O–H groups in total. The average molecular weight is 409 g/mol. The molecule has 0 fully saturated rings. The van der Waals surface area contributed by atoms with E-state index in [9.17, 15) is 9.90 Å². The van der Waals surface area contributed by atoms with E-state index < -0.39 is 0 Å². The zero-order valence-electron chi connectivity index (χ0n) is 14.9. The maximum atomic E-state index is 12.4. The fourth-order valence-corrected chi connectivity index (χ4v) is 5.50. The number of carbonyl (C=O) groups is 1. The van der Waals surface area contributed by atoms with Gasteiger partial charge < -0.3 is 10.4 Å². The predicted molar refractivity (Wildman–Crippen MR) is 113 cm³/mol. The third-order valence-electron chi connectivity index (χ3n) is 4.67. The highest BCUT2D eigenvalue weighted by Crippen LogP contribution is 2.44. The zero-order valence-corrected chi connectivity index (χ0v) is 16.5. The lowest BCUT2D eigenvalue weighted by Gasteiger charge is -2.15. The van der Waals surface area contributed by atoms with Gasteiger partial charge >= 0.3 is 0 Å². The molecule has 6 nitrogen and oxygen atoms in total. The van der Waals surface area contributed by atoms with Crippen molar-refractivity contribution >= 4 is 45.0 Å². The van der Waals surface area contributed by atoms with E-state index in [0.717, 1.165) is 32.2 Å². The van der Waals surface area contributed by atoms with E-state index >= 15 is 0 Å². The van der Waals surface area contributed by atoms with Gasteiger partial charge in [-0.3, -0.25) is 4.79 Å². The fourth-order valence-electron chi connectivity index (χ4n) is 3.39. The number of para-hydroxylation sites is 1. The molecule has 0 radical (unpaired) electrons. The number of benzene rings is 2. The number of hydrogen-bond acceptors (Lipinski definition) is 6. The number of aromatic hydroxyl groups is 1. The van der Waals surface area contributed by atoms with E-state index in [2.05, 4.69) is 5.32 Å². The van der Waals surface area contributed by atoms with Crippen LogP contribution in [0, 0.1) is 6.92 Å². The molecule has 1 amide bonds. The zero-order chi connectivity index (χ0) is 19.3. The van der Waals surface area contributed by atoms with Gasteiger partial charge in [0.25, 0.3) is 0 Å². The minimum absolute atomic E-state index is 0.0577. The Morgan fingerprint density at radius 3 is 2.75 bits per heavy atom. The molecule has 5 rings (SSSR count). The smallest absolute Gasteiger partial charge is 0.235 e. The Hall–Kier alpha value is -2.84. The molecule has 140 valence electrons. The van der Waals surface area contributed by atoms with Gasteiger partial charge in [0.15, 0.2) is 0 Å². The number of nitrogens with one attached hydrogen (secondary N) is 1. The third kappa shape index (κ3) is 2.85. The van der Waals surface area contributed by atoms with Crippen molar-refractivity contribution in [1.29, 1.82) is 0 Å². The number of anilines is 1. The Morgan fingerprint density at radius 2 is 1.96 bits per heavy atom. The number of aryl methyl sites for hydroxylation is 1. The Morgan fingerprint density at radius 1 is 1.18 bits per heavy atom. The van der Waals surface area contributed by atoms with Crippen molar-refractivity contribution in [3.8, 4) is 10.9 Å². The Balaban J connectivity index is 1.69. The Bertz CT molecular complexity index is 1160. The predicted octanol–water partition coefficient (Wildman–Crippen LogP) is 4.27. The maximum Gasteiger partial charge on any atom is 0.235 e. The van der Waals surface area contributed by atoms with Gasteiger partial charge in [0.05, 0.1) is 26.9 Å². The maximum absolute atomic E-state index is 12.4. The van der Waals surface area contributed by atoms with Gasteiger partial charge in [0.1, 0.15) is 11.6 Å². The van der Waals surface area contributed by atoms with Crippen LogP contribution in [0.3, 0.4) is 0 Å². The Labute approximate surface area is 169 Å². The van der Waals surface area contributed by atoms with Crippen molar-refractivity contribution in [3.05, 3.63) is 65.4 Å². The second-order valence-electron chi connectivity index (χ2n) is 6.55. The molecular formula is C20H16N4O2S2. The molecule has 0 spiro atoms. The van der Waals surface area contributed by atoms with Crippen LogP contribution in [0.15, 0.2) is 48.5 Å². The number of phenolic OH excluding ortho intramolecular Hbond substituents is 1. The Kier molecular flexibility index (Phi) is 4.10. The molecule has 3 heterocycles. The van der Waals surface area contributed by atoms with Crippen molar-refractivity contribution < 1.29 is 9.90 Å². The van der Waals surface area contributed by atoms with Crippen LogP contribution in [0.4, 0.5) is 5.82 Å². The van der Waals surface area contributed by atoms with Crippen molar-refractivity contribution in [3.63, 3.8) is 0 Å². The van der Waals surface area contributed by atoms with Crippen LogP contribution < -0.4 is 5.32 Å². The first kappa shape index (κ1) is 17.3. The molecular weight excluding hydrogens is 392 g/mol. The van der Waals surface area contributed by atoms with Gasteiger partial charge in [0, 0.05) is 5.56 Å². The number of hydrogen-bond donors (Lipinski definition) is 2. The molecule has 0 saturated carbocycles. The molecule has 1 aliphatic rings. The summed E-state index contributed by atoms with van der Waals surface area (Å²) in [6.45, 7) is 1.95. The monoisotopic (exact) mass is 408 g/mol. The van der Waals surface area contributed by atoms with Crippen molar-refractivity contribution in [2.45, 2.75) is 12.2 Å². The van der Waals surface area contributed by atoms with Crippen LogP contribution >= 0.6 is 23.1 Å². The van der Waals surface area contributed by atoms with Gasteiger partial charge in [-0.1, -0.05) is 35.6 Å². The first-order valence-electron chi connectivity index (χ1n) is 8.76. The number of thioether (sulfide) groups is 1. The molecule has 0 aliphatic carbocycles. The van der Waals surface area contributed by atoms with Crippen molar-refractivity contribution in [2.24, 2.45) is 0 Å². The van der Waals surface area contributed by atoms with E-state index in [0.29, 0.717) is 11.6 Å². The molecule has 2 aromatic heterocycles. The van der Waals surface area contributed by atoms with E-state index in [1.807, 2.05) is 43.3 Å². The lowest BCUT2D eigenvalue weighted by Crippen LogP contribution is -2.15. The summed E-state index contributed by atoms with van der Waals surface area (Å²) in [4.78, 5) is 17.1. The fraction of sp³-hybridized carbons (Fsp3) is 0.150. The lowest BCUT2D eigenvalue weighted by molar-refractivity contribution is -0.113. The number of aromatic nitrogens is 3. The molecule has 2 aromatic carbocycles. The van der Waals surface area contributed by atoms with Gasteiger partial charge in [-0.25, -0.2) is 4.98 Å². The SMILES string of the molecule is Cc1nn(-c2nc3ccccc3s2)c2c1[C@H](c1ccc(O)cc1)SCC(=O)N2. The number of fused-ring (bicyclic) bond motifs is 2. The largest absolute Gasteiger partial charge is 0.508 e. The quantitative estimate of drug-likeness (QED) is 0.518. The molecule has 28 heavy (non-hydrogen) atoms. The number of rotatable bonds is 2. The minimum Gasteiger partial charge on any atom is -0.508 e. The summed E-state index contributed by atoms with van der Waals surface area (Å²) in [5, 5.41) is 18.0. The van der Waals surface area contributed by atoms with Crippen LogP contribution in [0.2, 0.25) is 0 Å². The molecule has 0 saturated heterocycles. The molecule has 1 atom stereocenters. The highest BCUT2D eigenvalue weighted by atomic mass is 32.2. The van der Waals surface area contributed by atoms with Gasteiger partial charge in [-0.15, -0.1) is 11.8 Å². The molecule has 0 unspecified atom stereocenters. The van der Waals surface area contributed by atoms with E-state index in [4.69, 9.17) is 10.1 Å². The summed E-state index contributed by atoms with van der Waals surface area (Å²) in [5.74, 6) is 1.18. The number of nitrogens with zero attached hydrogens (tertiary/aromatic N) is 3. The van der Waals surface area contributed by atoms with E-state index in [1.54, 1.807) is 39.9 Å². The van der Waals surface area contributed by atoms with E-state index in [-0.39, 0.29) is 16.9 Å². The van der Waals surface area contributed by atoms with Gasteiger partial charge in [-0.05, 0) is 36.8 Å². The van der Waals surface area contributed by atoms with Gasteiger partial charge in [0.2, 0.25) is 11.0 Å². The topological polar surface area (TPSA) is 80.0 Å². The summed E-state index contributed by atoms with van der Waals surface area (Å²) in [7, 11) is 0. The lowest BCUT2D eigenvalue weighted by atomic mass is 10.0. The van der Waals surface area contributed by atoms with Crippen molar-refractivity contribution in [2.75, 3.05) is 11.1 Å². The number of amides is 1. The highest BCUT2D eigenvalue weighted by molar-refractivity contribution is 8.00. The van der Waals surface area contributed by atoms with Gasteiger partial charge in [-0.2, -0.15) is 9.78 Å². The first-order valence-corrected chi connectivity index (χ1v) is 10.6. The molecule has 1 aliphatic heterocycles. The summed E-state index contributed by atoms with van der Waals surface area (Å²) in [5.41, 5.74) is 3.75. The minimum atomic E-state index is -0.0604. The molecule has 0 bridgehead atoms. The number of carbonyl (C=O) groups excluding carboxylic acids is 1. The second kappa shape index (κ2) is 6.65. The normalized spacial score (nSPS) is 16.6. The summed E-state index contributed by atoms with van der Waals surface area (Å²) in [6, 6.07) is 15.1. The van der Waals surface area contributed by atoms with Crippen LogP contribution in [0.5, 0.6) is 5.75 Å². The molecule has 4 aromatic rings. The van der Waals surface area contributed by atoms with Crippen molar-refractivity contribution in [1.82, 2.24) is 14.8 Å². The number of thiazole rings is 1. The number of phenols is 1. The second-order valence-corrected chi connectivity index (χ2v) is 8.66. The van der Waals surface area contributed by atoms with Crippen LogP contribution in [-0.4, -0.2) is 31.5 Å². The van der Waals surface area contributed by atoms with E-state index in [1.165, 1.54) is 0 Å².